The van der Waals surface area contributed by atoms with Crippen LogP contribution < -0.4 is 5.32 Å². The average molecular weight is 440 g/mol. The molecule has 1 amide bonds. The maximum atomic E-state index is 12.9. The monoisotopic (exact) mass is 440 g/mol. The zero-order valence-corrected chi connectivity index (χ0v) is 17.1. The summed E-state index contributed by atoms with van der Waals surface area (Å²) < 4.78 is 27.8. The first-order chi connectivity index (χ1) is 15.1. The third-order valence-corrected chi connectivity index (χ3v) is 6.15. The fraction of sp³-hybridized carbons (Fsp3) is 0.238. The van der Waals surface area contributed by atoms with Crippen molar-refractivity contribution >= 4 is 17.2 Å². The molecule has 158 valence electrons. The molecule has 3 aromatic heterocycles. The molecular weight excluding hydrogens is 422 g/mol. The minimum Gasteiger partial charge on any atom is -0.347 e. The van der Waals surface area contributed by atoms with E-state index >= 15 is 0 Å². The van der Waals surface area contributed by atoms with Crippen LogP contribution in [0.3, 0.4) is 0 Å². The Kier molecular flexibility index (Phi) is 5.06. The predicted octanol–water partition coefficient (Wildman–Crippen LogP) is 4.08. The van der Waals surface area contributed by atoms with Gasteiger partial charge in [0.05, 0.1) is 17.5 Å². The Morgan fingerprint density at radius 3 is 2.87 bits per heavy atom. The van der Waals surface area contributed by atoms with Gasteiger partial charge in [-0.3, -0.25) is 9.89 Å². The first-order valence-corrected chi connectivity index (χ1v) is 10.7. The summed E-state index contributed by atoms with van der Waals surface area (Å²) in [5, 5.41) is 11.2. The normalized spacial score (nSPS) is 15.8. The summed E-state index contributed by atoms with van der Waals surface area (Å²) in [6.07, 6.45) is 2.19. The number of H-pyrrole nitrogens is 1. The molecule has 7 nitrogen and oxygen atoms in total. The molecule has 0 saturated heterocycles. The fourth-order valence-corrected chi connectivity index (χ4v) is 4.52. The van der Waals surface area contributed by atoms with Crippen LogP contribution in [0.15, 0.2) is 48.1 Å². The average Bonchev–Trinajstić information content (AvgIpc) is 3.52. The third-order valence-electron chi connectivity index (χ3n) is 5.25. The molecule has 31 heavy (non-hydrogen) atoms. The molecule has 0 fully saturated rings. The molecule has 1 unspecified atom stereocenters. The molecule has 10 heteroatoms. The summed E-state index contributed by atoms with van der Waals surface area (Å²) in [4.78, 5) is 21.5. The topological polar surface area (TPSA) is 88.5 Å². The Labute approximate surface area is 180 Å². The van der Waals surface area contributed by atoms with E-state index in [1.165, 1.54) is 11.6 Å². The van der Waals surface area contributed by atoms with Crippen LogP contribution in [0.1, 0.15) is 34.9 Å². The van der Waals surface area contributed by atoms with Crippen molar-refractivity contribution in [2.24, 2.45) is 0 Å². The van der Waals surface area contributed by atoms with Crippen LogP contribution in [-0.4, -0.2) is 36.7 Å². The molecule has 1 aliphatic rings. The summed E-state index contributed by atoms with van der Waals surface area (Å²) in [5.41, 5.74) is 2.30. The molecule has 0 spiro atoms. The molecular formula is C21H18F2N6OS. The van der Waals surface area contributed by atoms with Gasteiger partial charge in [0.2, 0.25) is 0 Å². The van der Waals surface area contributed by atoms with Crippen molar-refractivity contribution in [3.8, 4) is 21.8 Å². The van der Waals surface area contributed by atoms with E-state index in [1.807, 2.05) is 36.5 Å². The highest BCUT2D eigenvalue weighted by Gasteiger charge is 2.25. The van der Waals surface area contributed by atoms with E-state index in [0.29, 0.717) is 17.0 Å². The predicted molar refractivity (Wildman–Crippen MR) is 112 cm³/mol. The Hall–Kier alpha value is -3.40. The van der Waals surface area contributed by atoms with Gasteiger partial charge in [-0.1, -0.05) is 30.3 Å². The molecule has 4 heterocycles. The van der Waals surface area contributed by atoms with E-state index in [9.17, 15) is 13.6 Å². The minimum absolute atomic E-state index is 0.0879. The zero-order valence-electron chi connectivity index (χ0n) is 16.3. The standard InChI is InChI=1S/C21H18F2N6OS/c22-19(23)16-11-31-21(27-16)14-9-24-28-18(14)20(30)25-13-6-7-29-10-15(26-17(29)8-13)12-4-2-1-3-5-12/h1-5,9-11,13,19H,6-8H2,(H,24,28)(H,25,30). The van der Waals surface area contributed by atoms with Crippen molar-refractivity contribution in [2.45, 2.75) is 31.9 Å². The number of thiazole rings is 1. The highest BCUT2D eigenvalue weighted by molar-refractivity contribution is 7.13. The summed E-state index contributed by atoms with van der Waals surface area (Å²) in [6, 6.07) is 9.87. The number of rotatable bonds is 5. The molecule has 2 N–H and O–H groups in total. The number of benzene rings is 1. The lowest BCUT2D eigenvalue weighted by atomic mass is 10.1. The van der Waals surface area contributed by atoms with Gasteiger partial charge in [-0.2, -0.15) is 5.10 Å². The molecule has 1 atom stereocenters. The van der Waals surface area contributed by atoms with Crippen LogP contribution in [0, 0.1) is 0 Å². The van der Waals surface area contributed by atoms with Crippen LogP contribution in [0.5, 0.6) is 0 Å². The van der Waals surface area contributed by atoms with Gasteiger partial charge in [-0.15, -0.1) is 11.3 Å². The second-order valence-corrected chi connectivity index (χ2v) is 8.16. The summed E-state index contributed by atoms with van der Waals surface area (Å²) in [5.74, 6) is 0.580. The number of hydrogen-bond donors (Lipinski definition) is 2. The number of aromatic amines is 1. The number of alkyl halides is 2. The number of imidazole rings is 1. The number of nitrogens with one attached hydrogen (secondary N) is 2. The number of halogens is 2. The Balaban J connectivity index is 1.30. The first kappa shape index (κ1) is 19.6. The van der Waals surface area contributed by atoms with Gasteiger partial charge >= 0.3 is 0 Å². The van der Waals surface area contributed by atoms with E-state index in [-0.39, 0.29) is 23.3 Å². The summed E-state index contributed by atoms with van der Waals surface area (Å²) >= 11 is 1.06. The Morgan fingerprint density at radius 1 is 1.26 bits per heavy atom. The second kappa shape index (κ2) is 8.03. The maximum absolute atomic E-state index is 12.9. The van der Waals surface area contributed by atoms with Crippen molar-refractivity contribution in [1.82, 2.24) is 30.0 Å². The number of hydrogen-bond acceptors (Lipinski definition) is 5. The zero-order chi connectivity index (χ0) is 21.4. The van der Waals surface area contributed by atoms with Crippen molar-refractivity contribution < 1.29 is 13.6 Å². The van der Waals surface area contributed by atoms with Gasteiger partial charge in [0.25, 0.3) is 12.3 Å². The quantitative estimate of drug-likeness (QED) is 0.490. The third kappa shape index (κ3) is 3.86. The number of nitrogens with zero attached hydrogens (tertiary/aromatic N) is 4. The van der Waals surface area contributed by atoms with Crippen molar-refractivity contribution in [3.05, 3.63) is 65.3 Å². The van der Waals surface area contributed by atoms with Gasteiger partial charge < -0.3 is 9.88 Å². The van der Waals surface area contributed by atoms with Crippen molar-refractivity contribution in [1.29, 1.82) is 0 Å². The number of aryl methyl sites for hydroxylation is 1. The van der Waals surface area contributed by atoms with E-state index in [1.54, 1.807) is 0 Å². The highest BCUT2D eigenvalue weighted by atomic mass is 32.1. The van der Waals surface area contributed by atoms with Gasteiger partial charge in [0, 0.05) is 36.1 Å². The lowest BCUT2D eigenvalue weighted by Crippen LogP contribution is -2.40. The SMILES string of the molecule is O=C(NC1CCn2cc(-c3ccccc3)nc2C1)c1[nH]ncc1-c1nc(C(F)F)cs1. The van der Waals surface area contributed by atoms with Crippen LogP contribution in [0.4, 0.5) is 8.78 Å². The first-order valence-electron chi connectivity index (χ1n) is 9.78. The van der Waals surface area contributed by atoms with E-state index < -0.39 is 6.43 Å². The Bertz CT molecular complexity index is 1220. The van der Waals surface area contributed by atoms with Gasteiger partial charge in [-0.25, -0.2) is 18.7 Å². The van der Waals surface area contributed by atoms with Gasteiger partial charge in [0.1, 0.15) is 22.2 Å². The lowest BCUT2D eigenvalue weighted by Gasteiger charge is -2.24. The van der Waals surface area contributed by atoms with Crippen LogP contribution in [0.2, 0.25) is 0 Å². The number of carbonyl (C=O) groups excluding carboxylic acids is 1. The molecule has 1 aliphatic heterocycles. The molecule has 0 aliphatic carbocycles. The van der Waals surface area contributed by atoms with Gasteiger partial charge in [-0.05, 0) is 6.42 Å². The molecule has 0 radical (unpaired) electrons. The summed E-state index contributed by atoms with van der Waals surface area (Å²) in [6.45, 7) is 0.750. The molecule has 0 saturated carbocycles. The number of fused-ring (bicyclic) bond motifs is 1. The van der Waals surface area contributed by atoms with E-state index in [0.717, 1.165) is 41.4 Å². The van der Waals surface area contributed by atoms with E-state index in [2.05, 4.69) is 25.1 Å². The highest BCUT2D eigenvalue weighted by Crippen LogP contribution is 2.30. The summed E-state index contributed by atoms with van der Waals surface area (Å²) in [7, 11) is 0. The Morgan fingerprint density at radius 2 is 2.10 bits per heavy atom. The largest absolute Gasteiger partial charge is 0.347 e. The number of amides is 1. The van der Waals surface area contributed by atoms with Crippen LogP contribution >= 0.6 is 11.3 Å². The lowest BCUT2D eigenvalue weighted by molar-refractivity contribution is 0.0926. The molecule has 0 bridgehead atoms. The molecule has 5 rings (SSSR count). The smallest absolute Gasteiger partial charge is 0.281 e. The van der Waals surface area contributed by atoms with Crippen molar-refractivity contribution in [2.75, 3.05) is 0 Å². The van der Waals surface area contributed by atoms with Crippen LogP contribution in [-0.2, 0) is 13.0 Å². The molecule has 1 aromatic carbocycles. The minimum atomic E-state index is -2.65. The van der Waals surface area contributed by atoms with Crippen LogP contribution in [0.25, 0.3) is 21.8 Å². The van der Waals surface area contributed by atoms with Crippen molar-refractivity contribution in [3.63, 3.8) is 0 Å². The number of carbonyl (C=O) groups is 1. The second-order valence-electron chi connectivity index (χ2n) is 7.30. The number of aromatic nitrogens is 5. The van der Waals surface area contributed by atoms with Gasteiger partial charge in [0.15, 0.2) is 0 Å². The molecule has 4 aromatic rings. The van der Waals surface area contributed by atoms with E-state index in [4.69, 9.17) is 4.98 Å². The fourth-order valence-electron chi connectivity index (χ4n) is 3.69. The maximum Gasteiger partial charge on any atom is 0.281 e.